The van der Waals surface area contributed by atoms with Gasteiger partial charge in [-0.1, -0.05) is 45.2 Å². The van der Waals surface area contributed by atoms with Crippen molar-refractivity contribution in [3.63, 3.8) is 0 Å². The summed E-state index contributed by atoms with van der Waals surface area (Å²) in [6.45, 7) is 8.84. The molecular weight excluding hydrogens is 902 g/mol. The topological polar surface area (TPSA) is 73.8 Å². The second-order valence-corrected chi connectivity index (χ2v) is 16.4. The normalized spacial score (nSPS) is 12.8. The third-order valence-corrected chi connectivity index (χ3v) is 12.5. The summed E-state index contributed by atoms with van der Waals surface area (Å²) < 4.78 is 48.0. The number of hydrogen-bond donors (Lipinski definition) is 0. The van der Waals surface area contributed by atoms with Crippen molar-refractivity contribution in [2.45, 2.75) is 9.79 Å². The van der Waals surface area contributed by atoms with Gasteiger partial charge in [0.1, 0.15) is 13.2 Å². The first-order valence-electron chi connectivity index (χ1n) is 14.8. The number of thioether (sulfide) groups is 2. The highest BCUT2D eigenvalue weighted by atomic mass is 127. The lowest BCUT2D eigenvalue weighted by Gasteiger charge is -2.17. The Kier molecular flexibility index (Phi) is 20.4. The molecule has 0 fully saturated rings. The van der Waals surface area contributed by atoms with E-state index in [1.807, 2.05) is 23.5 Å². The number of halogens is 2. The van der Waals surface area contributed by atoms with E-state index >= 15 is 0 Å². The Morgan fingerprint density at radius 2 is 0.911 bits per heavy atom. The van der Waals surface area contributed by atoms with E-state index in [2.05, 4.69) is 68.1 Å². The zero-order chi connectivity index (χ0) is 31.4. The van der Waals surface area contributed by atoms with Crippen LogP contribution in [0.3, 0.4) is 0 Å². The highest BCUT2D eigenvalue weighted by molar-refractivity contribution is 14.1. The Balaban J connectivity index is 1.25. The Hall–Kier alpha value is 0.620. The Bertz CT molecular complexity index is 1120. The minimum Gasteiger partial charge on any atom is -0.485 e. The van der Waals surface area contributed by atoms with Crippen LogP contribution in [0.1, 0.15) is 0 Å². The van der Waals surface area contributed by atoms with E-state index in [-0.39, 0.29) is 0 Å². The van der Waals surface area contributed by atoms with Gasteiger partial charge >= 0.3 is 0 Å². The largest absolute Gasteiger partial charge is 0.485 e. The van der Waals surface area contributed by atoms with E-state index in [0.717, 1.165) is 54.8 Å². The zero-order valence-electron chi connectivity index (χ0n) is 25.1. The van der Waals surface area contributed by atoms with Gasteiger partial charge in [-0.05, 0) is 22.9 Å². The summed E-state index contributed by atoms with van der Waals surface area (Å²) in [5, 5.41) is 4.30. The van der Waals surface area contributed by atoms with Crippen LogP contribution in [0.5, 0.6) is 11.5 Å². The minimum atomic E-state index is 0.558. The smallest absolute Gasteiger partial charge is 0.181 e. The summed E-state index contributed by atoms with van der Waals surface area (Å²) in [6, 6.07) is 4.38. The third-order valence-electron chi connectivity index (χ3n) is 5.97. The average molecular weight is 943 g/mol. The van der Waals surface area contributed by atoms with Gasteiger partial charge in [0.15, 0.2) is 11.5 Å². The molecule has 0 amide bonds. The van der Waals surface area contributed by atoms with Crippen molar-refractivity contribution in [3.05, 3.63) is 22.9 Å². The predicted octanol–water partition coefficient (Wildman–Crippen LogP) is 8.13. The number of fused-ring (bicyclic) bond motifs is 1. The molecule has 0 N–H and O–H groups in total. The number of alkyl halides is 2. The van der Waals surface area contributed by atoms with Crippen molar-refractivity contribution >= 4 is 103 Å². The van der Waals surface area contributed by atoms with Crippen LogP contribution in [0.15, 0.2) is 32.7 Å². The highest BCUT2D eigenvalue weighted by Crippen LogP contribution is 2.58. The number of hydrogen-bond acceptors (Lipinski definition) is 13. The molecule has 0 saturated carbocycles. The summed E-state index contributed by atoms with van der Waals surface area (Å²) in [7, 11) is 0. The van der Waals surface area contributed by atoms with Crippen LogP contribution < -0.4 is 9.47 Å². The molecule has 3 aromatic rings. The second kappa shape index (κ2) is 23.9. The molecule has 4 rings (SSSR count). The van der Waals surface area contributed by atoms with E-state index in [1.165, 1.54) is 19.5 Å². The van der Waals surface area contributed by atoms with Crippen molar-refractivity contribution in [3.8, 4) is 31.0 Å². The lowest BCUT2D eigenvalue weighted by Crippen LogP contribution is -2.14. The predicted molar refractivity (Wildman–Crippen MR) is 206 cm³/mol. The van der Waals surface area contributed by atoms with Crippen LogP contribution in [0.4, 0.5) is 0 Å². The van der Waals surface area contributed by atoms with Crippen molar-refractivity contribution in [1.82, 2.24) is 0 Å². The third kappa shape index (κ3) is 13.5. The molecule has 45 heavy (non-hydrogen) atoms. The number of ether oxygens (including phenoxy) is 8. The van der Waals surface area contributed by atoms with Gasteiger partial charge in [-0.15, -0.1) is 57.5 Å². The SMILES string of the molecule is ICCOCCOCCOCCSc1ccsc1-c1sc(-c2sccc2SCCOCCOCCOCCI)c2c1OCCO2. The summed E-state index contributed by atoms with van der Waals surface area (Å²) in [5.74, 6) is 3.48. The van der Waals surface area contributed by atoms with Gasteiger partial charge in [0.2, 0.25) is 0 Å². The van der Waals surface area contributed by atoms with Crippen LogP contribution in [0.25, 0.3) is 19.5 Å². The van der Waals surface area contributed by atoms with Gasteiger partial charge in [0.25, 0.3) is 0 Å². The quantitative estimate of drug-likeness (QED) is 0.0341. The highest BCUT2D eigenvalue weighted by Gasteiger charge is 2.29. The molecular formula is C30H40I2O8S5. The molecule has 0 radical (unpaired) electrons. The summed E-state index contributed by atoms with van der Waals surface area (Å²) in [4.78, 5) is 7.23. The van der Waals surface area contributed by atoms with E-state index in [4.69, 9.17) is 37.9 Å². The molecule has 252 valence electrons. The molecule has 8 nitrogen and oxygen atoms in total. The van der Waals surface area contributed by atoms with E-state index in [1.54, 1.807) is 34.0 Å². The van der Waals surface area contributed by atoms with Crippen molar-refractivity contribution in [1.29, 1.82) is 0 Å². The van der Waals surface area contributed by atoms with Gasteiger partial charge in [-0.3, -0.25) is 0 Å². The van der Waals surface area contributed by atoms with Gasteiger partial charge in [-0.2, -0.15) is 0 Å². The average Bonchev–Trinajstić information content (AvgIpc) is 3.81. The lowest BCUT2D eigenvalue weighted by atomic mass is 10.3. The van der Waals surface area contributed by atoms with Crippen LogP contribution in [0.2, 0.25) is 0 Å². The van der Waals surface area contributed by atoms with Crippen molar-refractivity contribution in [2.24, 2.45) is 0 Å². The molecule has 15 heteroatoms. The summed E-state index contributed by atoms with van der Waals surface area (Å²) in [6.07, 6.45) is 0. The van der Waals surface area contributed by atoms with Crippen LogP contribution in [-0.2, 0) is 28.4 Å². The minimum absolute atomic E-state index is 0.558. The first-order valence-corrected chi connectivity index (χ1v) is 22.3. The van der Waals surface area contributed by atoms with Crippen LogP contribution in [-0.4, -0.2) is 113 Å². The molecule has 0 atom stereocenters. The Morgan fingerprint density at radius 1 is 0.533 bits per heavy atom. The molecule has 0 saturated heterocycles. The molecule has 0 aliphatic carbocycles. The zero-order valence-corrected chi connectivity index (χ0v) is 33.5. The van der Waals surface area contributed by atoms with Crippen LogP contribution in [0, 0.1) is 0 Å². The number of thiophene rings is 3. The lowest BCUT2D eigenvalue weighted by molar-refractivity contribution is 0.0208. The molecule has 0 spiro atoms. The molecule has 1 aliphatic heterocycles. The second-order valence-electron chi connectivity index (χ2n) is 9.09. The maximum Gasteiger partial charge on any atom is 0.181 e. The Labute approximate surface area is 314 Å². The van der Waals surface area contributed by atoms with Gasteiger partial charge in [0.05, 0.1) is 98.8 Å². The molecule has 0 aromatic carbocycles. The van der Waals surface area contributed by atoms with E-state index in [0.29, 0.717) is 79.3 Å². The monoisotopic (exact) mass is 942 g/mol. The molecule has 3 aromatic heterocycles. The first-order chi connectivity index (χ1) is 22.3. The maximum atomic E-state index is 6.23. The Morgan fingerprint density at radius 3 is 1.31 bits per heavy atom. The standard InChI is InChI=1S/C30H40I2O8S5/c31-3-5-33-7-9-35-11-13-37-17-21-41-23-1-19-43-27(23)29-25-26(40-16-15-39-25)30(45-29)28-24(2-20-44-28)42-22-18-38-14-12-36-10-8-34-6-4-32/h1-2,19-20H,3-18,21-22H2. The van der Waals surface area contributed by atoms with Crippen LogP contribution >= 0.6 is 103 Å². The first kappa shape index (κ1) is 38.4. The van der Waals surface area contributed by atoms with E-state index < -0.39 is 0 Å². The fraction of sp³-hybridized carbons (Fsp3) is 0.600. The van der Waals surface area contributed by atoms with Gasteiger partial charge < -0.3 is 37.9 Å². The molecule has 0 bridgehead atoms. The summed E-state index contributed by atoms with van der Waals surface area (Å²) in [5.41, 5.74) is 0. The van der Waals surface area contributed by atoms with Crippen molar-refractivity contribution in [2.75, 3.05) is 113 Å². The molecule has 0 unspecified atom stereocenters. The summed E-state index contributed by atoms with van der Waals surface area (Å²) >= 11 is 13.5. The molecule has 4 heterocycles. The fourth-order valence-corrected chi connectivity index (χ4v) is 10.3. The van der Waals surface area contributed by atoms with Gasteiger partial charge in [0, 0.05) is 30.2 Å². The van der Waals surface area contributed by atoms with Gasteiger partial charge in [-0.25, -0.2) is 0 Å². The molecule has 1 aliphatic rings. The maximum absolute atomic E-state index is 6.23. The fourth-order valence-electron chi connectivity index (χ4n) is 4.02. The van der Waals surface area contributed by atoms with Crippen molar-refractivity contribution < 1.29 is 37.9 Å². The number of rotatable bonds is 26. The van der Waals surface area contributed by atoms with E-state index in [9.17, 15) is 0 Å².